The molecule has 1 amide bonds. The first kappa shape index (κ1) is 23.0. The average molecular weight is 461 g/mol. The molecule has 1 unspecified atom stereocenters. The van der Waals surface area contributed by atoms with E-state index in [1.807, 2.05) is 19.9 Å². The number of hydrogen-bond acceptors (Lipinski definition) is 5. The van der Waals surface area contributed by atoms with Gasteiger partial charge in [-0.1, -0.05) is 30.3 Å². The van der Waals surface area contributed by atoms with E-state index in [2.05, 4.69) is 0 Å². The minimum absolute atomic E-state index is 0.0119. The van der Waals surface area contributed by atoms with Crippen LogP contribution in [-0.4, -0.2) is 30.0 Å². The summed E-state index contributed by atoms with van der Waals surface area (Å²) in [6.45, 7) is 3.81. The number of carbonyl (C=O) groups excluding carboxylic acids is 2. The number of hydrogen-bond donors (Lipinski definition) is 1. The molecule has 1 fully saturated rings. The number of benzene rings is 3. The number of aliphatic hydroxyl groups is 1. The Hall–Kier alpha value is -4.13. The Morgan fingerprint density at radius 1 is 1.00 bits per heavy atom. The van der Waals surface area contributed by atoms with Gasteiger partial charge in [0.2, 0.25) is 0 Å². The lowest BCUT2D eigenvalue weighted by molar-refractivity contribution is -0.132. The first-order valence-electron chi connectivity index (χ1n) is 10.8. The smallest absolute Gasteiger partial charge is 0.300 e. The molecule has 0 bridgehead atoms. The molecule has 0 radical (unpaired) electrons. The van der Waals surface area contributed by atoms with E-state index in [0.29, 0.717) is 17.0 Å². The second kappa shape index (κ2) is 9.39. The van der Waals surface area contributed by atoms with Crippen LogP contribution in [0.25, 0.3) is 5.76 Å². The summed E-state index contributed by atoms with van der Waals surface area (Å²) in [5.74, 6) is -2.01. The Morgan fingerprint density at radius 2 is 1.68 bits per heavy atom. The van der Waals surface area contributed by atoms with Crippen molar-refractivity contribution in [1.82, 2.24) is 0 Å². The molecular weight excluding hydrogens is 437 g/mol. The Morgan fingerprint density at radius 3 is 2.29 bits per heavy atom. The molecule has 1 N–H and O–H groups in total. The number of aliphatic hydroxyl groups excluding tert-OH is 1. The SMILES string of the molecule is COc1ccc(F)cc1/C(O)=C1\C(=O)C(=O)N(c2ccc(OC(C)C)cc2)C1c1ccccc1. The normalized spacial score (nSPS) is 17.3. The summed E-state index contributed by atoms with van der Waals surface area (Å²) in [5, 5.41) is 11.2. The molecule has 1 saturated heterocycles. The van der Waals surface area contributed by atoms with Crippen molar-refractivity contribution in [3.05, 3.63) is 95.3 Å². The van der Waals surface area contributed by atoms with Crippen LogP contribution >= 0.6 is 0 Å². The summed E-state index contributed by atoms with van der Waals surface area (Å²) in [6.07, 6.45) is -0.0226. The van der Waals surface area contributed by atoms with Gasteiger partial charge in [0, 0.05) is 5.69 Å². The van der Waals surface area contributed by atoms with Crippen LogP contribution in [0.5, 0.6) is 11.5 Å². The second-order valence-electron chi connectivity index (χ2n) is 8.08. The zero-order valence-electron chi connectivity index (χ0n) is 19.0. The fourth-order valence-electron chi connectivity index (χ4n) is 4.02. The maximum absolute atomic E-state index is 14.0. The Bertz CT molecular complexity index is 1250. The maximum atomic E-state index is 14.0. The van der Waals surface area contributed by atoms with Gasteiger partial charge in [0.1, 0.15) is 23.1 Å². The van der Waals surface area contributed by atoms with Crippen molar-refractivity contribution >= 4 is 23.1 Å². The van der Waals surface area contributed by atoms with Gasteiger partial charge in [0.25, 0.3) is 11.7 Å². The molecule has 0 aliphatic carbocycles. The van der Waals surface area contributed by atoms with Crippen LogP contribution < -0.4 is 14.4 Å². The fourth-order valence-corrected chi connectivity index (χ4v) is 4.02. The monoisotopic (exact) mass is 461 g/mol. The van der Waals surface area contributed by atoms with Crippen molar-refractivity contribution in [1.29, 1.82) is 0 Å². The molecule has 174 valence electrons. The standard InChI is InChI=1S/C27H24FNO5/c1-16(2)34-20-12-10-19(11-13-20)29-24(17-7-5-4-6-8-17)23(26(31)27(29)32)25(30)21-15-18(28)9-14-22(21)33-3/h4-16,24,30H,1-3H3/b25-23+. The maximum Gasteiger partial charge on any atom is 0.300 e. The number of anilines is 1. The molecule has 3 aromatic rings. The first-order chi connectivity index (χ1) is 16.3. The molecule has 1 heterocycles. The number of ketones is 1. The molecule has 0 aromatic heterocycles. The van der Waals surface area contributed by atoms with Crippen LogP contribution in [0.3, 0.4) is 0 Å². The molecule has 0 spiro atoms. The van der Waals surface area contributed by atoms with Crippen LogP contribution in [-0.2, 0) is 9.59 Å². The van der Waals surface area contributed by atoms with Crippen LogP contribution in [0, 0.1) is 5.82 Å². The molecular formula is C27H24FNO5. The summed E-state index contributed by atoms with van der Waals surface area (Å²) in [7, 11) is 1.37. The summed E-state index contributed by atoms with van der Waals surface area (Å²) < 4.78 is 25.0. The van der Waals surface area contributed by atoms with E-state index in [0.717, 1.165) is 6.07 Å². The van der Waals surface area contributed by atoms with Crippen LogP contribution in [0.2, 0.25) is 0 Å². The van der Waals surface area contributed by atoms with Gasteiger partial charge in [-0.05, 0) is 61.9 Å². The van der Waals surface area contributed by atoms with Crippen LogP contribution in [0.15, 0.2) is 78.4 Å². The molecule has 1 atom stereocenters. The van der Waals surface area contributed by atoms with Crippen molar-refractivity contribution in [2.75, 3.05) is 12.0 Å². The van der Waals surface area contributed by atoms with Gasteiger partial charge in [-0.2, -0.15) is 0 Å². The lowest BCUT2D eigenvalue weighted by Gasteiger charge is -2.26. The van der Waals surface area contributed by atoms with Gasteiger partial charge in [-0.25, -0.2) is 4.39 Å². The molecule has 0 saturated carbocycles. The highest BCUT2D eigenvalue weighted by atomic mass is 19.1. The Labute approximate surface area is 196 Å². The third kappa shape index (κ3) is 4.24. The van der Waals surface area contributed by atoms with Crippen molar-refractivity contribution in [3.8, 4) is 11.5 Å². The molecule has 1 aliphatic rings. The minimum atomic E-state index is -0.925. The van der Waals surface area contributed by atoms with Gasteiger partial charge in [0.15, 0.2) is 0 Å². The van der Waals surface area contributed by atoms with Gasteiger partial charge in [-0.15, -0.1) is 0 Å². The number of Topliss-reactive ketones (excluding diaryl/α,β-unsaturated/α-hetero) is 1. The lowest BCUT2D eigenvalue weighted by Crippen LogP contribution is -2.29. The largest absolute Gasteiger partial charge is 0.507 e. The van der Waals surface area contributed by atoms with E-state index in [9.17, 15) is 19.1 Å². The summed E-state index contributed by atoms with van der Waals surface area (Å²) in [6, 6.07) is 18.4. The van der Waals surface area contributed by atoms with Gasteiger partial charge in [0.05, 0.1) is 30.4 Å². The highest BCUT2D eigenvalue weighted by molar-refractivity contribution is 6.51. The van der Waals surface area contributed by atoms with E-state index in [1.165, 1.54) is 24.1 Å². The number of methoxy groups -OCH3 is 1. The zero-order valence-corrected chi connectivity index (χ0v) is 19.0. The molecule has 34 heavy (non-hydrogen) atoms. The number of rotatable bonds is 6. The highest BCUT2D eigenvalue weighted by Crippen LogP contribution is 2.43. The van der Waals surface area contributed by atoms with Crippen molar-refractivity contribution in [2.24, 2.45) is 0 Å². The lowest BCUT2D eigenvalue weighted by atomic mass is 9.95. The average Bonchev–Trinajstić information content (AvgIpc) is 3.10. The van der Waals surface area contributed by atoms with Gasteiger partial charge in [-0.3, -0.25) is 14.5 Å². The van der Waals surface area contributed by atoms with E-state index in [4.69, 9.17) is 9.47 Å². The van der Waals surface area contributed by atoms with E-state index < -0.39 is 29.3 Å². The van der Waals surface area contributed by atoms with Gasteiger partial charge >= 0.3 is 0 Å². The zero-order chi connectivity index (χ0) is 24.4. The molecule has 1 aliphatic heterocycles. The summed E-state index contributed by atoms with van der Waals surface area (Å²) in [4.78, 5) is 27.8. The van der Waals surface area contributed by atoms with Crippen molar-refractivity contribution in [3.63, 3.8) is 0 Å². The van der Waals surface area contributed by atoms with Crippen molar-refractivity contribution in [2.45, 2.75) is 26.0 Å². The van der Waals surface area contributed by atoms with Crippen LogP contribution in [0.1, 0.15) is 31.0 Å². The number of carbonyl (C=O) groups is 2. The number of nitrogens with zero attached hydrogens (tertiary/aromatic N) is 1. The van der Waals surface area contributed by atoms with E-state index in [-0.39, 0.29) is 23.0 Å². The van der Waals surface area contributed by atoms with E-state index in [1.54, 1.807) is 48.5 Å². The summed E-state index contributed by atoms with van der Waals surface area (Å²) >= 11 is 0. The molecule has 7 heteroatoms. The number of ether oxygens (including phenoxy) is 2. The topological polar surface area (TPSA) is 76.1 Å². The number of amides is 1. The number of halogens is 1. The predicted molar refractivity (Wildman–Crippen MR) is 126 cm³/mol. The molecule has 4 rings (SSSR count). The predicted octanol–water partition coefficient (Wildman–Crippen LogP) is 5.25. The van der Waals surface area contributed by atoms with Crippen LogP contribution in [0.4, 0.5) is 10.1 Å². The quantitative estimate of drug-likeness (QED) is 0.308. The van der Waals surface area contributed by atoms with E-state index >= 15 is 0 Å². The fraction of sp³-hybridized carbons (Fsp3) is 0.185. The Kier molecular flexibility index (Phi) is 6.36. The Balaban J connectivity index is 1.89. The molecule has 3 aromatic carbocycles. The third-order valence-corrected chi connectivity index (χ3v) is 5.46. The first-order valence-corrected chi connectivity index (χ1v) is 10.8. The van der Waals surface area contributed by atoms with Crippen molar-refractivity contribution < 1.29 is 28.6 Å². The molecule has 6 nitrogen and oxygen atoms in total. The minimum Gasteiger partial charge on any atom is -0.507 e. The van der Waals surface area contributed by atoms with Gasteiger partial charge < -0.3 is 14.6 Å². The second-order valence-corrected chi connectivity index (χ2v) is 8.08. The third-order valence-electron chi connectivity index (χ3n) is 5.46. The summed E-state index contributed by atoms with van der Waals surface area (Å²) in [5.41, 5.74) is 0.906. The highest BCUT2D eigenvalue weighted by Gasteiger charge is 2.47.